The smallest absolute Gasteiger partial charge is 0.339 e. The number of hydrogen-bond donors (Lipinski definition) is 1. The number of aromatic nitrogens is 2. The first kappa shape index (κ1) is 14.0. The number of halogens is 2. The highest BCUT2D eigenvalue weighted by Crippen LogP contribution is 2.30. The van der Waals surface area contributed by atoms with Crippen LogP contribution in [0.2, 0.25) is 5.02 Å². The van der Waals surface area contributed by atoms with Crippen molar-refractivity contribution in [2.24, 2.45) is 0 Å². The number of methoxy groups -OCH3 is 1. The van der Waals surface area contributed by atoms with Gasteiger partial charge in [0.05, 0.1) is 13.3 Å². The second-order valence-electron chi connectivity index (χ2n) is 3.56. The predicted molar refractivity (Wildman–Crippen MR) is 67.0 cm³/mol. The molecule has 0 aliphatic carbocycles. The van der Waals surface area contributed by atoms with Crippen LogP contribution in [-0.2, 0) is 0 Å². The van der Waals surface area contributed by atoms with Gasteiger partial charge < -0.3 is 14.6 Å². The monoisotopic (exact) mass is 298 g/mol. The van der Waals surface area contributed by atoms with Gasteiger partial charge in [-0.3, -0.25) is 0 Å². The number of rotatable bonds is 4. The lowest BCUT2D eigenvalue weighted by atomic mass is 10.2. The van der Waals surface area contributed by atoms with Crippen LogP contribution in [-0.4, -0.2) is 28.2 Å². The first-order chi connectivity index (χ1) is 9.51. The van der Waals surface area contributed by atoms with E-state index < -0.39 is 11.8 Å². The zero-order valence-electron chi connectivity index (χ0n) is 10.1. The molecule has 0 saturated carbocycles. The Kier molecular flexibility index (Phi) is 3.99. The van der Waals surface area contributed by atoms with Gasteiger partial charge in [0.25, 0.3) is 0 Å². The Labute approximate surface area is 117 Å². The standard InChI is InChI=1S/C12H8ClFN2O4/c1-19-12-15-5-8(13)10(16-12)20-9-4-6(14)2-3-7(9)11(17)18/h2-5H,1H3,(H,17,18). The molecule has 1 N–H and O–H groups in total. The molecule has 2 rings (SSSR count). The fraction of sp³-hybridized carbons (Fsp3) is 0.0833. The fourth-order valence-electron chi connectivity index (χ4n) is 1.37. The van der Waals surface area contributed by atoms with Crippen molar-refractivity contribution in [3.63, 3.8) is 0 Å². The first-order valence-electron chi connectivity index (χ1n) is 5.28. The molecule has 0 radical (unpaired) electrons. The van der Waals surface area contributed by atoms with Crippen LogP contribution in [0.25, 0.3) is 0 Å². The second kappa shape index (κ2) is 5.70. The van der Waals surface area contributed by atoms with E-state index in [0.717, 1.165) is 18.2 Å². The quantitative estimate of drug-likeness (QED) is 0.934. The Bertz CT molecular complexity index is 666. The van der Waals surface area contributed by atoms with E-state index in [1.807, 2.05) is 0 Å². The summed E-state index contributed by atoms with van der Waals surface area (Å²) in [6, 6.07) is 3.00. The van der Waals surface area contributed by atoms with Crippen LogP contribution in [0.3, 0.4) is 0 Å². The molecule has 1 aromatic heterocycles. The summed E-state index contributed by atoms with van der Waals surface area (Å²) in [7, 11) is 1.35. The molecule has 104 valence electrons. The molecule has 0 spiro atoms. The number of carbonyl (C=O) groups is 1. The normalized spacial score (nSPS) is 10.2. The molecule has 0 saturated heterocycles. The van der Waals surface area contributed by atoms with Crippen molar-refractivity contribution in [2.45, 2.75) is 0 Å². The molecule has 0 amide bonds. The van der Waals surface area contributed by atoms with Crippen LogP contribution in [0.4, 0.5) is 4.39 Å². The summed E-state index contributed by atoms with van der Waals surface area (Å²) >= 11 is 5.83. The van der Waals surface area contributed by atoms with Crippen LogP contribution >= 0.6 is 11.6 Å². The van der Waals surface area contributed by atoms with Gasteiger partial charge in [-0.2, -0.15) is 4.98 Å². The second-order valence-corrected chi connectivity index (χ2v) is 3.96. The van der Waals surface area contributed by atoms with Crippen LogP contribution in [0.5, 0.6) is 17.6 Å². The van der Waals surface area contributed by atoms with Gasteiger partial charge in [0, 0.05) is 6.07 Å². The van der Waals surface area contributed by atoms with Gasteiger partial charge in [-0.05, 0) is 12.1 Å². The lowest BCUT2D eigenvalue weighted by Gasteiger charge is -2.09. The summed E-state index contributed by atoms with van der Waals surface area (Å²) in [6.07, 6.45) is 1.22. The Morgan fingerprint density at radius 2 is 2.20 bits per heavy atom. The van der Waals surface area contributed by atoms with E-state index in [9.17, 15) is 9.18 Å². The van der Waals surface area contributed by atoms with Crippen molar-refractivity contribution in [1.82, 2.24) is 9.97 Å². The van der Waals surface area contributed by atoms with Gasteiger partial charge in [-0.1, -0.05) is 11.6 Å². The maximum atomic E-state index is 13.2. The molecule has 0 fully saturated rings. The minimum Gasteiger partial charge on any atom is -0.478 e. The molecule has 0 unspecified atom stereocenters. The number of carboxylic acid groups (broad SMARTS) is 1. The predicted octanol–water partition coefficient (Wildman–Crippen LogP) is 2.77. The molecule has 1 aromatic carbocycles. The van der Waals surface area contributed by atoms with Crippen LogP contribution in [0, 0.1) is 5.82 Å². The average Bonchev–Trinajstić information content (AvgIpc) is 2.41. The molecule has 0 aliphatic heterocycles. The van der Waals surface area contributed by atoms with E-state index >= 15 is 0 Å². The molecule has 0 atom stereocenters. The van der Waals surface area contributed by atoms with Gasteiger partial charge in [0.15, 0.2) is 0 Å². The zero-order valence-corrected chi connectivity index (χ0v) is 10.9. The van der Waals surface area contributed by atoms with Crippen LogP contribution in [0.1, 0.15) is 10.4 Å². The summed E-state index contributed by atoms with van der Waals surface area (Å²) in [6.45, 7) is 0. The summed E-state index contributed by atoms with van der Waals surface area (Å²) in [5.41, 5.74) is -0.222. The largest absolute Gasteiger partial charge is 0.478 e. The maximum absolute atomic E-state index is 13.2. The Morgan fingerprint density at radius 1 is 1.45 bits per heavy atom. The highest BCUT2D eigenvalue weighted by atomic mass is 35.5. The third-order valence-electron chi connectivity index (χ3n) is 2.25. The molecule has 0 bridgehead atoms. The summed E-state index contributed by atoms with van der Waals surface area (Å²) in [5, 5.41) is 9.05. The number of benzene rings is 1. The Balaban J connectivity index is 2.43. The molecule has 6 nitrogen and oxygen atoms in total. The molecular formula is C12H8ClFN2O4. The van der Waals surface area contributed by atoms with Gasteiger partial charge in [0.2, 0.25) is 5.88 Å². The minimum atomic E-state index is -1.27. The third kappa shape index (κ3) is 2.94. The van der Waals surface area contributed by atoms with E-state index in [0.29, 0.717) is 0 Å². The Morgan fingerprint density at radius 3 is 2.85 bits per heavy atom. The highest BCUT2D eigenvalue weighted by molar-refractivity contribution is 6.31. The van der Waals surface area contributed by atoms with Crippen molar-refractivity contribution in [2.75, 3.05) is 7.11 Å². The molecule has 20 heavy (non-hydrogen) atoms. The van der Waals surface area contributed by atoms with E-state index in [4.69, 9.17) is 26.2 Å². The van der Waals surface area contributed by atoms with Crippen molar-refractivity contribution in [3.05, 3.63) is 40.8 Å². The maximum Gasteiger partial charge on any atom is 0.339 e. The van der Waals surface area contributed by atoms with Gasteiger partial charge in [-0.25, -0.2) is 14.2 Å². The minimum absolute atomic E-state index is 0.0160. The average molecular weight is 299 g/mol. The zero-order chi connectivity index (χ0) is 14.7. The van der Waals surface area contributed by atoms with E-state index in [1.165, 1.54) is 13.3 Å². The van der Waals surface area contributed by atoms with Gasteiger partial charge in [0.1, 0.15) is 22.2 Å². The molecular weight excluding hydrogens is 291 g/mol. The number of nitrogens with zero attached hydrogens (tertiary/aromatic N) is 2. The van der Waals surface area contributed by atoms with Crippen molar-refractivity contribution < 1.29 is 23.8 Å². The summed E-state index contributed by atoms with van der Waals surface area (Å²) in [4.78, 5) is 18.6. The van der Waals surface area contributed by atoms with Crippen molar-refractivity contribution >= 4 is 17.6 Å². The van der Waals surface area contributed by atoms with E-state index in [1.54, 1.807) is 0 Å². The van der Waals surface area contributed by atoms with Crippen molar-refractivity contribution in [3.8, 4) is 17.6 Å². The topological polar surface area (TPSA) is 81.5 Å². The molecule has 1 heterocycles. The van der Waals surface area contributed by atoms with E-state index in [2.05, 4.69) is 9.97 Å². The lowest BCUT2D eigenvalue weighted by Crippen LogP contribution is -2.02. The summed E-state index contributed by atoms with van der Waals surface area (Å²) in [5.74, 6) is -2.27. The van der Waals surface area contributed by atoms with Crippen molar-refractivity contribution in [1.29, 1.82) is 0 Å². The summed E-state index contributed by atoms with van der Waals surface area (Å²) < 4.78 is 23.2. The molecule has 8 heteroatoms. The highest BCUT2D eigenvalue weighted by Gasteiger charge is 2.16. The van der Waals surface area contributed by atoms with Crippen LogP contribution < -0.4 is 9.47 Å². The number of ether oxygens (including phenoxy) is 2. The van der Waals surface area contributed by atoms with Crippen LogP contribution in [0.15, 0.2) is 24.4 Å². The van der Waals surface area contributed by atoms with Gasteiger partial charge >= 0.3 is 12.0 Å². The Hall–Kier alpha value is -2.41. The molecule has 0 aliphatic rings. The number of carboxylic acids is 1. The first-order valence-corrected chi connectivity index (χ1v) is 5.66. The SMILES string of the molecule is COc1ncc(Cl)c(Oc2cc(F)ccc2C(=O)O)n1. The third-order valence-corrected chi connectivity index (χ3v) is 2.51. The fourth-order valence-corrected chi connectivity index (χ4v) is 1.50. The van der Waals surface area contributed by atoms with Gasteiger partial charge in [-0.15, -0.1) is 0 Å². The van der Waals surface area contributed by atoms with E-state index in [-0.39, 0.29) is 28.2 Å². The number of aromatic carboxylic acids is 1. The number of hydrogen-bond acceptors (Lipinski definition) is 5. The lowest BCUT2D eigenvalue weighted by molar-refractivity contribution is 0.0694. The molecule has 2 aromatic rings.